The molecule has 1 aromatic heterocycles. The number of nitrogens with one attached hydrogen (secondary N) is 1. The first-order valence-corrected chi connectivity index (χ1v) is 6.44. The fourth-order valence-corrected chi connectivity index (χ4v) is 1.69. The molecule has 0 saturated carbocycles. The van der Waals surface area contributed by atoms with Crippen LogP contribution in [0.2, 0.25) is 0 Å². The van der Waals surface area contributed by atoms with Crippen LogP contribution in [-0.4, -0.2) is 40.8 Å². The number of carbonyl (C=O) groups is 2. The summed E-state index contributed by atoms with van der Waals surface area (Å²) >= 11 is 0. The smallest absolute Gasteiger partial charge is 0.254 e. The number of aromatic nitrogens is 1. The molecule has 1 heterocycles. The lowest BCUT2D eigenvalue weighted by atomic mass is 10.1. The van der Waals surface area contributed by atoms with Gasteiger partial charge in [-0.05, 0) is 32.9 Å². The van der Waals surface area contributed by atoms with Crippen molar-refractivity contribution in [2.24, 2.45) is 5.73 Å². The molecule has 0 aliphatic heterocycles. The zero-order chi connectivity index (χ0) is 15.3. The topological polar surface area (TPSA) is 88.3 Å². The second kappa shape index (κ2) is 6.47. The first-order chi connectivity index (χ1) is 9.23. The summed E-state index contributed by atoms with van der Waals surface area (Å²) in [6.07, 6.45) is 1.54. The van der Waals surface area contributed by atoms with Gasteiger partial charge in [0.25, 0.3) is 5.91 Å². The average Bonchev–Trinajstić information content (AvgIpc) is 2.35. The van der Waals surface area contributed by atoms with Crippen LogP contribution in [0.25, 0.3) is 0 Å². The molecular formula is C14H22N4O2. The summed E-state index contributed by atoms with van der Waals surface area (Å²) in [4.78, 5) is 29.4. The minimum atomic E-state index is -0.315. The molecule has 1 aromatic rings. The number of pyridine rings is 1. The van der Waals surface area contributed by atoms with Gasteiger partial charge in [-0.25, -0.2) is 0 Å². The van der Waals surface area contributed by atoms with E-state index in [1.165, 1.54) is 4.90 Å². The molecule has 0 bridgehead atoms. The number of likely N-dealkylation sites (N-methyl/N-ethyl adjacent to an activating group) is 1. The van der Waals surface area contributed by atoms with E-state index in [1.54, 1.807) is 25.4 Å². The Morgan fingerprint density at radius 3 is 2.60 bits per heavy atom. The second-order valence-electron chi connectivity index (χ2n) is 5.70. The van der Waals surface area contributed by atoms with E-state index in [0.717, 1.165) is 0 Å². The number of rotatable bonds is 4. The van der Waals surface area contributed by atoms with Crippen molar-refractivity contribution in [2.45, 2.75) is 32.9 Å². The predicted molar refractivity (Wildman–Crippen MR) is 77.0 cm³/mol. The van der Waals surface area contributed by atoms with Gasteiger partial charge in [0, 0.05) is 30.9 Å². The molecule has 0 atom stereocenters. The van der Waals surface area contributed by atoms with Crippen LogP contribution >= 0.6 is 0 Å². The quantitative estimate of drug-likeness (QED) is 0.840. The molecule has 20 heavy (non-hydrogen) atoms. The Balaban J connectivity index is 2.69. The van der Waals surface area contributed by atoms with E-state index < -0.39 is 0 Å². The number of hydrogen-bond acceptors (Lipinski definition) is 4. The number of amides is 2. The molecule has 6 heteroatoms. The molecule has 0 aromatic carbocycles. The molecule has 1 rings (SSSR count). The zero-order valence-electron chi connectivity index (χ0n) is 12.4. The van der Waals surface area contributed by atoms with E-state index in [0.29, 0.717) is 11.3 Å². The van der Waals surface area contributed by atoms with E-state index >= 15 is 0 Å². The second-order valence-corrected chi connectivity index (χ2v) is 5.70. The molecule has 6 nitrogen and oxygen atoms in total. The van der Waals surface area contributed by atoms with Gasteiger partial charge in [-0.15, -0.1) is 0 Å². The lowest BCUT2D eigenvalue weighted by Crippen LogP contribution is -2.46. The molecule has 110 valence electrons. The first kappa shape index (κ1) is 16.1. The van der Waals surface area contributed by atoms with Crippen molar-refractivity contribution < 1.29 is 9.59 Å². The highest BCUT2D eigenvalue weighted by molar-refractivity contribution is 5.96. The summed E-state index contributed by atoms with van der Waals surface area (Å²) < 4.78 is 0. The number of nitrogens with two attached hydrogens (primary N) is 1. The van der Waals surface area contributed by atoms with Crippen LogP contribution in [-0.2, 0) is 11.3 Å². The normalized spacial score (nSPS) is 11.1. The lowest BCUT2D eigenvalue weighted by Gasteiger charge is -2.23. The van der Waals surface area contributed by atoms with Gasteiger partial charge in [-0.1, -0.05) is 0 Å². The highest BCUT2D eigenvalue weighted by Gasteiger charge is 2.18. The molecule has 0 unspecified atom stereocenters. The Hall–Kier alpha value is -1.95. The monoisotopic (exact) mass is 278 g/mol. The summed E-state index contributed by atoms with van der Waals surface area (Å²) in [6.45, 7) is 5.96. The van der Waals surface area contributed by atoms with Crippen LogP contribution in [0.5, 0.6) is 0 Å². The molecular weight excluding hydrogens is 256 g/mol. The predicted octanol–water partition coefficient (Wildman–Crippen LogP) is 0.527. The van der Waals surface area contributed by atoms with Crippen molar-refractivity contribution in [1.82, 2.24) is 15.2 Å². The molecule has 0 radical (unpaired) electrons. The molecule has 0 saturated heterocycles. The molecule has 0 spiro atoms. The number of carbonyl (C=O) groups excluding carboxylic acids is 2. The maximum atomic E-state index is 12.2. The molecule has 0 fully saturated rings. The van der Waals surface area contributed by atoms with Crippen LogP contribution in [0.15, 0.2) is 18.3 Å². The highest BCUT2D eigenvalue weighted by atomic mass is 16.2. The number of hydrogen-bond donors (Lipinski definition) is 2. The largest absolute Gasteiger partial charge is 0.350 e. The summed E-state index contributed by atoms with van der Waals surface area (Å²) in [5, 5.41) is 2.81. The third-order valence-corrected chi connectivity index (χ3v) is 2.51. The van der Waals surface area contributed by atoms with Crippen LogP contribution in [0, 0.1) is 0 Å². The first-order valence-electron chi connectivity index (χ1n) is 6.44. The summed E-state index contributed by atoms with van der Waals surface area (Å²) in [6, 6.07) is 3.25. The van der Waals surface area contributed by atoms with Gasteiger partial charge < -0.3 is 16.0 Å². The van der Waals surface area contributed by atoms with Crippen LogP contribution in [0.1, 0.15) is 36.8 Å². The Kier molecular flexibility index (Phi) is 5.21. The lowest BCUT2D eigenvalue weighted by molar-refractivity contribution is -0.122. The van der Waals surface area contributed by atoms with Gasteiger partial charge in [0.05, 0.1) is 12.2 Å². The van der Waals surface area contributed by atoms with Gasteiger partial charge in [0.15, 0.2) is 0 Å². The maximum Gasteiger partial charge on any atom is 0.254 e. The third-order valence-electron chi connectivity index (χ3n) is 2.51. The molecule has 2 amide bonds. The van der Waals surface area contributed by atoms with Crippen molar-refractivity contribution in [3.63, 3.8) is 0 Å². The fourth-order valence-electron chi connectivity index (χ4n) is 1.69. The summed E-state index contributed by atoms with van der Waals surface area (Å²) in [5.74, 6) is -0.424. The van der Waals surface area contributed by atoms with Gasteiger partial charge in [0.2, 0.25) is 5.91 Å². The summed E-state index contributed by atoms with van der Waals surface area (Å²) in [7, 11) is 1.59. The van der Waals surface area contributed by atoms with Crippen molar-refractivity contribution in [3.05, 3.63) is 29.6 Å². The SMILES string of the molecule is CN(CC(=O)NC(C)(C)C)C(=O)c1ccnc(CN)c1. The van der Waals surface area contributed by atoms with Crippen LogP contribution < -0.4 is 11.1 Å². The van der Waals surface area contributed by atoms with E-state index in [1.807, 2.05) is 20.8 Å². The van der Waals surface area contributed by atoms with Gasteiger partial charge in [0.1, 0.15) is 0 Å². The standard InChI is InChI=1S/C14H22N4O2/c1-14(2,3)17-12(19)9-18(4)13(20)10-5-6-16-11(7-10)8-15/h5-7H,8-9,15H2,1-4H3,(H,17,19). The Morgan fingerprint density at radius 2 is 2.05 bits per heavy atom. The Bertz CT molecular complexity index is 494. The highest BCUT2D eigenvalue weighted by Crippen LogP contribution is 2.05. The van der Waals surface area contributed by atoms with Gasteiger partial charge >= 0.3 is 0 Å². The van der Waals surface area contributed by atoms with E-state index in [9.17, 15) is 9.59 Å². The Labute approximate surface area is 119 Å². The van der Waals surface area contributed by atoms with Gasteiger partial charge in [-0.3, -0.25) is 14.6 Å². The van der Waals surface area contributed by atoms with E-state index in [2.05, 4.69) is 10.3 Å². The van der Waals surface area contributed by atoms with E-state index in [4.69, 9.17) is 5.73 Å². The molecule has 3 N–H and O–H groups in total. The fraction of sp³-hybridized carbons (Fsp3) is 0.500. The van der Waals surface area contributed by atoms with E-state index in [-0.39, 0.29) is 30.4 Å². The van der Waals surface area contributed by atoms with Crippen molar-refractivity contribution in [3.8, 4) is 0 Å². The minimum absolute atomic E-state index is 0.0103. The van der Waals surface area contributed by atoms with Gasteiger partial charge in [-0.2, -0.15) is 0 Å². The maximum absolute atomic E-state index is 12.2. The minimum Gasteiger partial charge on any atom is -0.350 e. The molecule has 0 aliphatic rings. The van der Waals surface area contributed by atoms with Crippen LogP contribution in [0.4, 0.5) is 0 Å². The van der Waals surface area contributed by atoms with Crippen LogP contribution in [0.3, 0.4) is 0 Å². The van der Waals surface area contributed by atoms with Crippen molar-refractivity contribution in [1.29, 1.82) is 0 Å². The molecule has 0 aliphatic carbocycles. The van der Waals surface area contributed by atoms with Crippen molar-refractivity contribution in [2.75, 3.05) is 13.6 Å². The van der Waals surface area contributed by atoms with Crippen molar-refractivity contribution >= 4 is 11.8 Å². The number of nitrogens with zero attached hydrogens (tertiary/aromatic N) is 2. The Morgan fingerprint density at radius 1 is 1.40 bits per heavy atom. The average molecular weight is 278 g/mol. The third kappa shape index (κ3) is 4.97. The zero-order valence-corrected chi connectivity index (χ0v) is 12.4. The summed E-state index contributed by atoms with van der Waals surface area (Å²) in [5.41, 5.74) is 6.30.